The topological polar surface area (TPSA) is 107 Å². The van der Waals surface area contributed by atoms with Gasteiger partial charge >= 0.3 is 0 Å². The number of aliphatic imine (C=N–C) groups is 1. The van der Waals surface area contributed by atoms with Crippen LogP contribution in [0.15, 0.2) is 33.7 Å². The Bertz CT molecular complexity index is 1240. The molecule has 5 aliphatic rings. The number of hydrogen-bond acceptors (Lipinski definition) is 8. The highest BCUT2D eigenvalue weighted by atomic mass is 32.2. The number of piperidine rings is 1. The molecule has 10 heteroatoms. The molecule has 1 saturated carbocycles. The quantitative estimate of drug-likeness (QED) is 0.590. The average molecular weight is 516 g/mol. The van der Waals surface area contributed by atoms with Crippen molar-refractivity contribution in [2.45, 2.75) is 24.2 Å². The lowest BCUT2D eigenvalue weighted by Crippen LogP contribution is -2.47. The van der Waals surface area contributed by atoms with E-state index >= 15 is 0 Å². The number of carbonyl (C=O) groups excluding carboxylic acids is 1. The van der Waals surface area contributed by atoms with E-state index in [-0.39, 0.29) is 22.5 Å². The van der Waals surface area contributed by atoms with Gasteiger partial charge in [-0.15, -0.1) is 0 Å². The van der Waals surface area contributed by atoms with Crippen molar-refractivity contribution in [3.63, 3.8) is 0 Å². The molecular formula is C26H33N3O6S. The minimum absolute atomic E-state index is 0.0359. The van der Waals surface area contributed by atoms with Gasteiger partial charge in [0.15, 0.2) is 9.84 Å². The molecule has 0 aromatic heterocycles. The lowest BCUT2D eigenvalue weighted by atomic mass is 9.74. The summed E-state index contributed by atoms with van der Waals surface area (Å²) in [7, 11) is -2.03. The number of sulfone groups is 1. The Hall–Kier alpha value is -2.27. The van der Waals surface area contributed by atoms with Crippen molar-refractivity contribution in [2.24, 2.45) is 15.8 Å². The summed E-state index contributed by atoms with van der Waals surface area (Å²) in [6.45, 7) is 5.13. The standard InChI is InChI=1S/C26H33N3O6S/c1-33-11-12-35-18-3-4-21-19(13-18)22-20(14-36(21,31)32)23(24(30)29-7-9-34-10-8-29)28-17-26(22)15-25(26)5-2-6-27-16-25/h3-4,13,27H,2,5-12,14-17H2,1H3/t25-,26?/m0/s1. The molecule has 1 aliphatic carbocycles. The summed E-state index contributed by atoms with van der Waals surface area (Å²) in [5.41, 5.74) is 2.34. The molecule has 1 aromatic carbocycles. The van der Waals surface area contributed by atoms with Gasteiger partial charge in [-0.2, -0.15) is 0 Å². The van der Waals surface area contributed by atoms with Crippen LogP contribution in [0.3, 0.4) is 0 Å². The monoisotopic (exact) mass is 515 g/mol. The zero-order valence-electron chi connectivity index (χ0n) is 20.7. The number of rotatable bonds is 5. The summed E-state index contributed by atoms with van der Waals surface area (Å²) in [6.07, 6.45) is 3.10. The predicted octanol–water partition coefficient (Wildman–Crippen LogP) is 1.33. The first-order valence-corrected chi connectivity index (χ1v) is 14.4. The van der Waals surface area contributed by atoms with E-state index in [4.69, 9.17) is 19.2 Å². The molecule has 1 amide bonds. The van der Waals surface area contributed by atoms with Gasteiger partial charge in [-0.1, -0.05) is 0 Å². The molecular weight excluding hydrogens is 482 g/mol. The lowest BCUT2D eigenvalue weighted by molar-refractivity contribution is -0.127. The number of methoxy groups -OCH3 is 1. The number of hydrogen-bond donors (Lipinski definition) is 1. The smallest absolute Gasteiger partial charge is 0.272 e. The maximum Gasteiger partial charge on any atom is 0.272 e. The third-order valence-corrected chi connectivity index (χ3v) is 10.2. The van der Waals surface area contributed by atoms with Crippen LogP contribution in [0.5, 0.6) is 5.75 Å². The van der Waals surface area contributed by atoms with Crippen molar-refractivity contribution in [3.05, 3.63) is 29.3 Å². The summed E-state index contributed by atoms with van der Waals surface area (Å²) >= 11 is 0. The third-order valence-electron chi connectivity index (χ3n) is 8.52. The van der Waals surface area contributed by atoms with Crippen LogP contribution in [0.4, 0.5) is 0 Å². The molecule has 3 fully saturated rings. The number of ether oxygens (including phenoxy) is 3. The van der Waals surface area contributed by atoms with Crippen molar-refractivity contribution < 1.29 is 27.4 Å². The van der Waals surface area contributed by atoms with Crippen molar-refractivity contribution >= 4 is 27.0 Å². The molecule has 2 atom stereocenters. The van der Waals surface area contributed by atoms with Crippen LogP contribution in [0.25, 0.3) is 5.57 Å². The van der Waals surface area contributed by atoms with E-state index in [1.807, 2.05) is 6.07 Å². The molecule has 1 unspecified atom stereocenters. The van der Waals surface area contributed by atoms with Gasteiger partial charge in [-0.3, -0.25) is 9.79 Å². The zero-order valence-corrected chi connectivity index (χ0v) is 21.5. The van der Waals surface area contributed by atoms with Gasteiger partial charge in [0.2, 0.25) is 0 Å². The first kappa shape index (κ1) is 24.1. The molecule has 1 N–H and O–H groups in total. The molecule has 194 valence electrons. The van der Waals surface area contributed by atoms with E-state index in [0.29, 0.717) is 73.6 Å². The number of fused-ring (bicyclic) bond motifs is 4. The first-order valence-electron chi connectivity index (χ1n) is 12.8. The van der Waals surface area contributed by atoms with Crippen LogP contribution in [0, 0.1) is 10.8 Å². The van der Waals surface area contributed by atoms with E-state index in [1.165, 1.54) is 0 Å². The number of benzene rings is 1. The Balaban J connectivity index is 1.48. The minimum atomic E-state index is -3.65. The maximum absolute atomic E-state index is 13.6. The van der Waals surface area contributed by atoms with Gasteiger partial charge in [0, 0.05) is 43.3 Å². The normalized spacial score (nSPS) is 30.6. The number of nitrogens with one attached hydrogen (secondary N) is 1. The summed E-state index contributed by atoms with van der Waals surface area (Å²) < 4.78 is 43.5. The molecule has 36 heavy (non-hydrogen) atoms. The third kappa shape index (κ3) is 3.72. The van der Waals surface area contributed by atoms with Gasteiger partial charge in [-0.25, -0.2) is 8.42 Å². The highest BCUT2D eigenvalue weighted by molar-refractivity contribution is 7.91. The number of nitrogens with zero attached hydrogens (tertiary/aromatic N) is 2. The number of dihydropyridines is 1. The molecule has 9 nitrogen and oxygen atoms in total. The van der Waals surface area contributed by atoms with Crippen molar-refractivity contribution in [2.75, 3.05) is 72.0 Å². The van der Waals surface area contributed by atoms with Crippen LogP contribution in [-0.2, 0) is 24.1 Å². The van der Waals surface area contributed by atoms with E-state index in [0.717, 1.165) is 37.9 Å². The Morgan fingerprint density at radius 1 is 1.25 bits per heavy atom. The Kier molecular flexibility index (Phi) is 5.98. The molecule has 0 bridgehead atoms. The predicted molar refractivity (Wildman–Crippen MR) is 134 cm³/mol. The Labute approximate surface area is 211 Å². The molecule has 4 aliphatic heterocycles. The van der Waals surface area contributed by atoms with Crippen molar-refractivity contribution in [3.8, 4) is 5.75 Å². The largest absolute Gasteiger partial charge is 0.491 e. The number of amides is 1. The van der Waals surface area contributed by atoms with Gasteiger partial charge in [0.1, 0.15) is 18.1 Å². The number of carbonyl (C=O) groups is 1. The Morgan fingerprint density at radius 3 is 2.83 bits per heavy atom. The minimum Gasteiger partial charge on any atom is -0.491 e. The van der Waals surface area contributed by atoms with Crippen LogP contribution >= 0.6 is 0 Å². The second kappa shape index (κ2) is 8.93. The SMILES string of the molecule is COCCOc1ccc2c(c1)C1=C(CS2(=O)=O)C(C(=O)N2CCOCC2)=NCC12C[C@]21CCCNC1. The second-order valence-corrected chi connectivity index (χ2v) is 12.5. The van der Waals surface area contributed by atoms with Crippen LogP contribution in [-0.4, -0.2) is 97.0 Å². The summed E-state index contributed by atoms with van der Waals surface area (Å²) in [6, 6.07) is 5.22. The lowest BCUT2D eigenvalue weighted by Gasteiger charge is -2.38. The van der Waals surface area contributed by atoms with Gasteiger partial charge in [0.05, 0.1) is 37.0 Å². The average Bonchev–Trinajstić information content (AvgIpc) is 3.48. The molecule has 2 spiro atoms. The van der Waals surface area contributed by atoms with Crippen LogP contribution in [0.1, 0.15) is 24.8 Å². The van der Waals surface area contributed by atoms with E-state index in [9.17, 15) is 13.2 Å². The molecule has 2 saturated heterocycles. The molecule has 0 radical (unpaired) electrons. The van der Waals surface area contributed by atoms with E-state index in [1.54, 1.807) is 24.1 Å². The summed E-state index contributed by atoms with van der Waals surface area (Å²) in [5, 5.41) is 3.56. The molecule has 6 rings (SSSR count). The van der Waals surface area contributed by atoms with E-state index in [2.05, 4.69) is 5.32 Å². The van der Waals surface area contributed by atoms with Gasteiger partial charge in [-0.05, 0) is 55.0 Å². The molecule has 1 aromatic rings. The fourth-order valence-corrected chi connectivity index (χ4v) is 8.27. The fourth-order valence-electron chi connectivity index (χ4n) is 6.68. The highest BCUT2D eigenvalue weighted by Gasteiger charge is 2.70. The summed E-state index contributed by atoms with van der Waals surface area (Å²) in [5.74, 6) is 0.215. The van der Waals surface area contributed by atoms with Gasteiger partial charge < -0.3 is 24.4 Å². The van der Waals surface area contributed by atoms with Crippen molar-refractivity contribution in [1.82, 2.24) is 10.2 Å². The maximum atomic E-state index is 13.6. The first-order chi connectivity index (χ1) is 17.4. The zero-order chi connectivity index (χ0) is 25.0. The highest BCUT2D eigenvalue weighted by Crippen LogP contribution is 2.74. The van der Waals surface area contributed by atoms with Crippen molar-refractivity contribution in [1.29, 1.82) is 0 Å². The number of morpholine rings is 1. The summed E-state index contributed by atoms with van der Waals surface area (Å²) in [4.78, 5) is 20.6. The second-order valence-electron chi connectivity index (χ2n) is 10.5. The van der Waals surface area contributed by atoms with E-state index < -0.39 is 9.84 Å². The van der Waals surface area contributed by atoms with Crippen LogP contribution in [0.2, 0.25) is 0 Å². The van der Waals surface area contributed by atoms with Gasteiger partial charge in [0.25, 0.3) is 5.91 Å². The van der Waals surface area contributed by atoms with Crippen LogP contribution < -0.4 is 10.1 Å². The Morgan fingerprint density at radius 2 is 2.08 bits per heavy atom. The molecule has 4 heterocycles. The fraction of sp³-hybridized carbons (Fsp3) is 0.615.